The number of nitrogens with zero attached hydrogens (tertiary/aromatic N) is 2. The fourth-order valence-electron chi connectivity index (χ4n) is 5.11. The van der Waals surface area contributed by atoms with Crippen molar-refractivity contribution in [2.24, 2.45) is 10.8 Å². The van der Waals surface area contributed by atoms with E-state index in [9.17, 15) is 10.5 Å². The van der Waals surface area contributed by atoms with Gasteiger partial charge in [-0.25, -0.2) is 0 Å². The summed E-state index contributed by atoms with van der Waals surface area (Å²) >= 11 is 0. The van der Waals surface area contributed by atoms with Gasteiger partial charge in [0.05, 0.1) is 24.8 Å². The van der Waals surface area contributed by atoms with E-state index >= 15 is 0 Å². The molecule has 2 aliphatic rings. The Balaban J connectivity index is 1.50. The molecule has 0 amide bonds. The lowest BCUT2D eigenvalue weighted by molar-refractivity contribution is -0.147. The molecule has 136 valence electrons. The van der Waals surface area contributed by atoms with Gasteiger partial charge in [-0.2, -0.15) is 10.5 Å². The third-order valence-electron chi connectivity index (χ3n) is 6.53. The van der Waals surface area contributed by atoms with E-state index in [1.54, 1.807) is 0 Å². The maximum absolute atomic E-state index is 10.1. The minimum absolute atomic E-state index is 0.0807. The second kappa shape index (κ2) is 6.20. The third kappa shape index (κ3) is 2.30. The lowest BCUT2D eigenvalue weighted by atomic mass is 9.48. The zero-order valence-electron chi connectivity index (χ0n) is 15.5. The normalized spacial score (nSPS) is 23.5. The first-order valence-electron chi connectivity index (χ1n) is 9.70. The van der Waals surface area contributed by atoms with Crippen LogP contribution in [-0.2, 0) is 11.3 Å². The van der Waals surface area contributed by atoms with Crippen molar-refractivity contribution in [3.05, 3.63) is 83.9 Å². The van der Waals surface area contributed by atoms with Crippen molar-refractivity contribution in [2.75, 3.05) is 0 Å². The van der Waals surface area contributed by atoms with Crippen LogP contribution in [0.2, 0.25) is 0 Å². The molecule has 0 heterocycles. The van der Waals surface area contributed by atoms with Gasteiger partial charge in [0.25, 0.3) is 0 Å². The minimum atomic E-state index is -1.13. The van der Waals surface area contributed by atoms with Crippen LogP contribution < -0.4 is 0 Å². The van der Waals surface area contributed by atoms with Gasteiger partial charge in [0, 0.05) is 11.3 Å². The van der Waals surface area contributed by atoms with Crippen LogP contribution in [0.5, 0.6) is 0 Å². The molecule has 2 fully saturated rings. The Hall–Kier alpha value is -3.14. The Morgan fingerprint density at radius 1 is 0.857 bits per heavy atom. The summed E-state index contributed by atoms with van der Waals surface area (Å²) in [5.74, 6) is -0.0969. The number of rotatable bonds is 4. The van der Waals surface area contributed by atoms with E-state index in [4.69, 9.17) is 4.74 Å². The van der Waals surface area contributed by atoms with E-state index in [-0.39, 0.29) is 17.4 Å². The van der Waals surface area contributed by atoms with Crippen molar-refractivity contribution in [2.45, 2.75) is 31.5 Å². The van der Waals surface area contributed by atoms with Crippen LogP contribution in [0.15, 0.2) is 72.8 Å². The third-order valence-corrected chi connectivity index (χ3v) is 6.53. The number of benzene rings is 3. The first-order chi connectivity index (χ1) is 13.7. The fraction of sp³-hybridized carbons (Fsp3) is 0.280. The molecule has 5 rings (SSSR count). The Labute approximate surface area is 164 Å². The fourth-order valence-corrected chi connectivity index (χ4v) is 5.11. The van der Waals surface area contributed by atoms with Gasteiger partial charge in [-0.1, -0.05) is 72.8 Å². The maximum Gasteiger partial charge on any atom is 0.177 e. The topological polar surface area (TPSA) is 56.8 Å². The van der Waals surface area contributed by atoms with E-state index in [2.05, 4.69) is 42.5 Å². The molecule has 0 radical (unpaired) electrons. The van der Waals surface area contributed by atoms with Gasteiger partial charge in [0.15, 0.2) is 5.41 Å². The molecule has 1 spiro atoms. The highest BCUT2D eigenvalue weighted by Gasteiger charge is 2.78. The molecule has 2 unspecified atom stereocenters. The van der Waals surface area contributed by atoms with E-state index in [0.717, 1.165) is 29.4 Å². The van der Waals surface area contributed by atoms with Crippen LogP contribution in [0, 0.1) is 33.5 Å². The first-order valence-corrected chi connectivity index (χ1v) is 9.70. The highest BCUT2D eigenvalue weighted by atomic mass is 16.5. The van der Waals surface area contributed by atoms with Crippen LogP contribution in [0.1, 0.15) is 29.9 Å². The molecule has 3 aromatic rings. The molecule has 2 atom stereocenters. The lowest BCUT2D eigenvalue weighted by Gasteiger charge is -2.55. The summed E-state index contributed by atoms with van der Waals surface area (Å²) in [7, 11) is 0. The number of nitriles is 2. The standard InChI is InChI=1S/C25H20N2O/c26-16-25(17-27)22(21-11-10-19-8-4-5-9-20(19)14-21)24(12-13-24)23(25)28-15-18-6-2-1-3-7-18/h1-11,14,22-23H,12-13,15H2. The summed E-state index contributed by atoms with van der Waals surface area (Å²) in [6.45, 7) is 0.433. The summed E-state index contributed by atoms with van der Waals surface area (Å²) in [4.78, 5) is 0. The SMILES string of the molecule is N#CC1(C#N)C(OCc2ccccc2)C2(CC2)C1c1ccc2ccccc2c1. The number of hydrogen-bond acceptors (Lipinski definition) is 3. The molecule has 2 saturated carbocycles. The molecule has 0 N–H and O–H groups in total. The monoisotopic (exact) mass is 364 g/mol. The predicted octanol–water partition coefficient (Wildman–Crippen LogP) is 5.34. The zero-order valence-corrected chi connectivity index (χ0v) is 15.5. The van der Waals surface area contributed by atoms with Crippen molar-refractivity contribution in [3.8, 4) is 12.1 Å². The number of hydrogen-bond donors (Lipinski definition) is 0. The van der Waals surface area contributed by atoms with Crippen molar-refractivity contribution in [3.63, 3.8) is 0 Å². The molecule has 0 bridgehead atoms. The van der Waals surface area contributed by atoms with Gasteiger partial charge < -0.3 is 4.74 Å². The molecular formula is C25H20N2O. The average Bonchev–Trinajstić information content (AvgIpc) is 3.55. The Morgan fingerprint density at radius 2 is 1.54 bits per heavy atom. The molecule has 3 nitrogen and oxygen atoms in total. The van der Waals surface area contributed by atoms with Gasteiger partial charge in [-0.15, -0.1) is 0 Å². The van der Waals surface area contributed by atoms with E-state index in [1.165, 1.54) is 5.39 Å². The molecule has 0 saturated heterocycles. The van der Waals surface area contributed by atoms with Crippen LogP contribution >= 0.6 is 0 Å². The summed E-state index contributed by atoms with van der Waals surface area (Å²) in [6, 6.07) is 29.2. The van der Waals surface area contributed by atoms with Crippen LogP contribution in [-0.4, -0.2) is 6.10 Å². The maximum atomic E-state index is 10.1. The highest BCUT2D eigenvalue weighted by molar-refractivity contribution is 5.83. The van der Waals surface area contributed by atoms with Crippen molar-refractivity contribution in [1.29, 1.82) is 10.5 Å². The second-order valence-corrected chi connectivity index (χ2v) is 8.04. The van der Waals surface area contributed by atoms with Crippen LogP contribution in [0.4, 0.5) is 0 Å². The molecule has 0 aromatic heterocycles. The molecule has 2 aliphatic carbocycles. The predicted molar refractivity (Wildman–Crippen MR) is 107 cm³/mol. The molecular weight excluding hydrogens is 344 g/mol. The Bertz CT molecular complexity index is 1100. The Kier molecular flexibility index (Phi) is 3.76. The van der Waals surface area contributed by atoms with E-state index in [0.29, 0.717) is 6.61 Å². The summed E-state index contributed by atoms with van der Waals surface area (Å²) in [5.41, 5.74) is 0.937. The Morgan fingerprint density at radius 3 is 2.21 bits per heavy atom. The summed E-state index contributed by atoms with van der Waals surface area (Å²) in [5, 5.41) is 22.4. The average molecular weight is 364 g/mol. The van der Waals surface area contributed by atoms with Gasteiger partial charge in [-0.05, 0) is 34.7 Å². The zero-order chi connectivity index (χ0) is 19.2. The summed E-state index contributed by atoms with van der Waals surface area (Å²) < 4.78 is 6.23. The van der Waals surface area contributed by atoms with Crippen molar-refractivity contribution in [1.82, 2.24) is 0 Å². The van der Waals surface area contributed by atoms with Gasteiger partial charge in [0.2, 0.25) is 0 Å². The van der Waals surface area contributed by atoms with Crippen LogP contribution in [0.3, 0.4) is 0 Å². The van der Waals surface area contributed by atoms with Gasteiger partial charge >= 0.3 is 0 Å². The molecule has 3 heteroatoms. The van der Waals surface area contributed by atoms with Crippen molar-refractivity contribution < 1.29 is 4.74 Å². The van der Waals surface area contributed by atoms with E-state index < -0.39 is 5.41 Å². The highest BCUT2D eigenvalue weighted by Crippen LogP contribution is 2.76. The smallest absolute Gasteiger partial charge is 0.177 e. The largest absolute Gasteiger partial charge is 0.370 e. The van der Waals surface area contributed by atoms with Gasteiger partial charge in [-0.3, -0.25) is 0 Å². The quantitative estimate of drug-likeness (QED) is 0.628. The molecule has 0 aliphatic heterocycles. The lowest BCUT2D eigenvalue weighted by Crippen LogP contribution is -2.60. The minimum Gasteiger partial charge on any atom is -0.370 e. The first kappa shape index (κ1) is 17.0. The van der Waals surface area contributed by atoms with Crippen LogP contribution in [0.25, 0.3) is 10.8 Å². The van der Waals surface area contributed by atoms with E-state index in [1.807, 2.05) is 42.5 Å². The van der Waals surface area contributed by atoms with Gasteiger partial charge in [0.1, 0.15) is 0 Å². The molecule has 28 heavy (non-hydrogen) atoms. The summed E-state index contributed by atoms with van der Waals surface area (Å²) in [6.07, 6.45) is 1.68. The molecule has 3 aromatic carbocycles. The second-order valence-electron chi connectivity index (χ2n) is 8.04. The number of ether oxygens (including phenoxy) is 1. The number of fused-ring (bicyclic) bond motifs is 1. The van der Waals surface area contributed by atoms with Crippen molar-refractivity contribution >= 4 is 10.8 Å².